The third-order valence-electron chi connectivity index (χ3n) is 3.14. The Kier molecular flexibility index (Phi) is 2.74. The van der Waals surface area contributed by atoms with Gasteiger partial charge in [0.1, 0.15) is 12.4 Å². The number of benzene rings is 1. The number of hydrogen-bond donors (Lipinski definition) is 1. The Morgan fingerprint density at radius 2 is 1.95 bits per heavy atom. The van der Waals surface area contributed by atoms with Crippen molar-refractivity contribution in [1.82, 2.24) is 9.78 Å². The first-order valence-electron chi connectivity index (χ1n) is 6.24. The first kappa shape index (κ1) is 11.8. The molecule has 98 valence electrons. The van der Waals surface area contributed by atoms with Crippen molar-refractivity contribution in [3.63, 3.8) is 0 Å². The number of nitrogen functional groups attached to an aromatic ring is 1. The molecule has 1 atom stereocenters. The molecule has 2 aromatic rings. The van der Waals surface area contributed by atoms with Crippen molar-refractivity contribution in [2.45, 2.75) is 13.0 Å². The molecule has 0 amide bonds. The van der Waals surface area contributed by atoms with E-state index in [0.717, 1.165) is 22.7 Å². The minimum absolute atomic E-state index is 0.241. The lowest BCUT2D eigenvalue weighted by Crippen LogP contribution is -2.01. The molecule has 5 nitrogen and oxygen atoms in total. The lowest BCUT2D eigenvalue weighted by molar-refractivity contribution is 0.324. The average Bonchev–Trinajstić information content (AvgIpc) is 2.97. The van der Waals surface area contributed by atoms with Crippen LogP contribution in [-0.2, 0) is 11.8 Å². The molecular weight excluding hydrogens is 240 g/mol. The Balaban J connectivity index is 1.89. The summed E-state index contributed by atoms with van der Waals surface area (Å²) in [6.07, 6.45) is 0. The molecule has 0 saturated heterocycles. The van der Waals surface area contributed by atoms with E-state index in [0.29, 0.717) is 12.4 Å². The van der Waals surface area contributed by atoms with Crippen LogP contribution in [-0.4, -0.2) is 28.3 Å². The Labute approximate surface area is 111 Å². The highest BCUT2D eigenvalue weighted by atomic mass is 16.5. The zero-order valence-corrected chi connectivity index (χ0v) is 11.0. The molecule has 1 aliphatic heterocycles. The van der Waals surface area contributed by atoms with Crippen LogP contribution in [0.5, 0.6) is 0 Å². The van der Waals surface area contributed by atoms with Crippen molar-refractivity contribution in [2.24, 2.45) is 12.0 Å². The largest absolute Gasteiger partial charge is 0.475 e. The van der Waals surface area contributed by atoms with Crippen LogP contribution in [0.2, 0.25) is 0 Å². The second kappa shape index (κ2) is 4.42. The minimum Gasteiger partial charge on any atom is -0.475 e. The summed E-state index contributed by atoms with van der Waals surface area (Å²) in [7, 11) is 1.83. The average molecular weight is 256 g/mol. The molecule has 0 fully saturated rings. The third kappa shape index (κ3) is 2.19. The van der Waals surface area contributed by atoms with Gasteiger partial charge in [0.15, 0.2) is 0 Å². The molecular formula is C14H16N4O. The maximum Gasteiger partial charge on any atom is 0.216 e. The van der Waals surface area contributed by atoms with Gasteiger partial charge in [-0.15, -0.1) is 0 Å². The fraction of sp³-hybridized carbons (Fsp3) is 0.286. The van der Waals surface area contributed by atoms with E-state index >= 15 is 0 Å². The summed E-state index contributed by atoms with van der Waals surface area (Å²) in [5, 5.41) is 4.35. The van der Waals surface area contributed by atoms with Gasteiger partial charge >= 0.3 is 0 Å². The quantitative estimate of drug-likeness (QED) is 0.891. The molecule has 3 rings (SSSR count). The van der Waals surface area contributed by atoms with Crippen LogP contribution in [0.1, 0.15) is 12.5 Å². The molecule has 1 aromatic carbocycles. The number of aliphatic imine (C=N–C) groups is 1. The lowest BCUT2D eigenvalue weighted by atomic mass is 10.1. The van der Waals surface area contributed by atoms with Crippen LogP contribution in [0, 0.1) is 0 Å². The van der Waals surface area contributed by atoms with E-state index in [1.165, 1.54) is 0 Å². The van der Waals surface area contributed by atoms with Crippen LogP contribution in [0.15, 0.2) is 35.3 Å². The fourth-order valence-electron chi connectivity index (χ4n) is 2.04. The number of aryl methyl sites for hydroxylation is 1. The summed E-state index contributed by atoms with van der Waals surface area (Å²) in [5.74, 6) is 1.37. The zero-order chi connectivity index (χ0) is 13.4. The molecule has 0 saturated carbocycles. The van der Waals surface area contributed by atoms with Crippen LogP contribution in [0.4, 0.5) is 5.82 Å². The Hall–Kier alpha value is -2.30. The van der Waals surface area contributed by atoms with Gasteiger partial charge in [-0.2, -0.15) is 5.10 Å². The van der Waals surface area contributed by atoms with E-state index in [9.17, 15) is 0 Å². The molecule has 5 heteroatoms. The van der Waals surface area contributed by atoms with E-state index in [4.69, 9.17) is 10.5 Å². The van der Waals surface area contributed by atoms with Crippen molar-refractivity contribution < 1.29 is 4.74 Å². The van der Waals surface area contributed by atoms with Crippen molar-refractivity contribution in [2.75, 3.05) is 12.3 Å². The first-order valence-corrected chi connectivity index (χ1v) is 6.24. The fourth-order valence-corrected chi connectivity index (χ4v) is 2.04. The van der Waals surface area contributed by atoms with Crippen LogP contribution in [0.3, 0.4) is 0 Å². The van der Waals surface area contributed by atoms with Gasteiger partial charge in [-0.3, -0.25) is 4.68 Å². The molecule has 0 radical (unpaired) electrons. The SMILES string of the molecule is CC1COC(c2ccc(-c3cc(N)n(C)n3)cc2)=N1. The molecule has 1 unspecified atom stereocenters. The summed E-state index contributed by atoms with van der Waals surface area (Å²) in [5.41, 5.74) is 8.68. The van der Waals surface area contributed by atoms with Crippen LogP contribution in [0.25, 0.3) is 11.3 Å². The van der Waals surface area contributed by atoms with E-state index < -0.39 is 0 Å². The molecule has 19 heavy (non-hydrogen) atoms. The first-order chi connectivity index (χ1) is 9.13. The van der Waals surface area contributed by atoms with Crippen LogP contribution < -0.4 is 5.73 Å². The van der Waals surface area contributed by atoms with Gasteiger partial charge in [0.05, 0.1) is 11.7 Å². The maximum atomic E-state index is 5.78. The summed E-state index contributed by atoms with van der Waals surface area (Å²) in [6.45, 7) is 2.70. The number of nitrogens with zero attached hydrogens (tertiary/aromatic N) is 3. The zero-order valence-electron chi connectivity index (χ0n) is 11.0. The second-order valence-corrected chi connectivity index (χ2v) is 4.75. The molecule has 2 N–H and O–H groups in total. The highest BCUT2D eigenvalue weighted by molar-refractivity contribution is 5.95. The predicted octanol–water partition coefficient (Wildman–Crippen LogP) is 1.83. The second-order valence-electron chi connectivity index (χ2n) is 4.75. The van der Waals surface area contributed by atoms with Crippen molar-refractivity contribution in [3.8, 4) is 11.3 Å². The Bertz CT molecular complexity index is 608. The lowest BCUT2D eigenvalue weighted by Gasteiger charge is -2.02. The molecule has 0 aliphatic carbocycles. The van der Waals surface area contributed by atoms with E-state index in [2.05, 4.69) is 10.1 Å². The van der Waals surface area contributed by atoms with Crippen LogP contribution >= 0.6 is 0 Å². The van der Waals surface area contributed by atoms with Gasteiger partial charge in [-0.1, -0.05) is 12.1 Å². The number of nitrogens with two attached hydrogens (primary N) is 1. The number of hydrogen-bond acceptors (Lipinski definition) is 4. The smallest absolute Gasteiger partial charge is 0.216 e. The summed E-state index contributed by atoms with van der Waals surface area (Å²) < 4.78 is 7.19. The molecule has 1 aliphatic rings. The Morgan fingerprint density at radius 1 is 1.26 bits per heavy atom. The topological polar surface area (TPSA) is 65.4 Å². The summed E-state index contributed by atoms with van der Waals surface area (Å²) in [4.78, 5) is 4.43. The van der Waals surface area contributed by atoms with Gasteiger partial charge in [-0.25, -0.2) is 4.99 Å². The van der Waals surface area contributed by atoms with E-state index in [1.807, 2.05) is 44.3 Å². The highest BCUT2D eigenvalue weighted by Gasteiger charge is 2.16. The monoisotopic (exact) mass is 256 g/mol. The normalized spacial score (nSPS) is 18.2. The third-order valence-corrected chi connectivity index (χ3v) is 3.14. The predicted molar refractivity (Wildman–Crippen MR) is 75.0 cm³/mol. The van der Waals surface area contributed by atoms with Crippen molar-refractivity contribution in [1.29, 1.82) is 0 Å². The van der Waals surface area contributed by atoms with Gasteiger partial charge in [0.25, 0.3) is 0 Å². The molecule has 1 aromatic heterocycles. The minimum atomic E-state index is 0.241. The van der Waals surface area contributed by atoms with Gasteiger partial charge in [0, 0.05) is 24.2 Å². The van der Waals surface area contributed by atoms with E-state index in [1.54, 1.807) is 4.68 Å². The van der Waals surface area contributed by atoms with Gasteiger partial charge in [-0.05, 0) is 19.1 Å². The molecule has 0 spiro atoms. The van der Waals surface area contributed by atoms with Gasteiger partial charge < -0.3 is 10.5 Å². The molecule has 2 heterocycles. The maximum absolute atomic E-state index is 5.78. The Morgan fingerprint density at radius 3 is 2.47 bits per heavy atom. The van der Waals surface area contributed by atoms with Gasteiger partial charge in [0.2, 0.25) is 5.90 Å². The van der Waals surface area contributed by atoms with Crippen molar-refractivity contribution >= 4 is 11.7 Å². The highest BCUT2D eigenvalue weighted by Crippen LogP contribution is 2.21. The standard InChI is InChI=1S/C14H16N4O/c1-9-8-19-14(16-9)11-5-3-10(4-6-11)12-7-13(15)18(2)17-12/h3-7,9H,8,15H2,1-2H3. The number of rotatable bonds is 2. The van der Waals surface area contributed by atoms with Crippen molar-refractivity contribution in [3.05, 3.63) is 35.9 Å². The number of aromatic nitrogens is 2. The summed E-state index contributed by atoms with van der Waals surface area (Å²) in [6, 6.07) is 10.1. The summed E-state index contributed by atoms with van der Waals surface area (Å²) >= 11 is 0. The number of ether oxygens (including phenoxy) is 1. The molecule has 0 bridgehead atoms. The van der Waals surface area contributed by atoms with E-state index in [-0.39, 0.29) is 6.04 Å². The number of anilines is 1.